The lowest BCUT2D eigenvalue weighted by Crippen LogP contribution is -2.37. The van der Waals surface area contributed by atoms with Crippen molar-refractivity contribution in [1.29, 1.82) is 0 Å². The van der Waals surface area contributed by atoms with E-state index < -0.39 is 0 Å². The van der Waals surface area contributed by atoms with Crippen molar-refractivity contribution in [3.63, 3.8) is 0 Å². The van der Waals surface area contributed by atoms with Crippen LogP contribution >= 0.6 is 0 Å². The van der Waals surface area contributed by atoms with Gasteiger partial charge >= 0.3 is 0 Å². The summed E-state index contributed by atoms with van der Waals surface area (Å²) in [7, 11) is 0. The van der Waals surface area contributed by atoms with Gasteiger partial charge < -0.3 is 10.2 Å². The summed E-state index contributed by atoms with van der Waals surface area (Å²) in [6.07, 6.45) is 5.35. The molecule has 1 rings (SSSR count). The van der Waals surface area contributed by atoms with Gasteiger partial charge in [-0.2, -0.15) is 0 Å². The Morgan fingerprint density at radius 2 is 1.88 bits per heavy atom. The third-order valence-corrected chi connectivity index (χ3v) is 4.18. The molecule has 2 nitrogen and oxygen atoms in total. The van der Waals surface area contributed by atoms with Gasteiger partial charge in [0.25, 0.3) is 0 Å². The third-order valence-electron chi connectivity index (χ3n) is 4.18. The average molecular weight is 240 g/mol. The van der Waals surface area contributed by atoms with Crippen LogP contribution in [-0.2, 0) is 0 Å². The summed E-state index contributed by atoms with van der Waals surface area (Å²) in [5.74, 6) is 1.71. The first-order valence-electron chi connectivity index (χ1n) is 7.59. The molecule has 2 heteroatoms. The molecule has 1 aliphatic heterocycles. The second-order valence-corrected chi connectivity index (χ2v) is 6.09. The molecule has 1 saturated heterocycles. The summed E-state index contributed by atoms with van der Waals surface area (Å²) in [6, 6.07) is 0.705. The van der Waals surface area contributed by atoms with Crippen LogP contribution in [0, 0.1) is 11.8 Å². The fourth-order valence-electron chi connectivity index (χ4n) is 2.73. The van der Waals surface area contributed by atoms with E-state index in [1.165, 1.54) is 51.9 Å². The van der Waals surface area contributed by atoms with E-state index in [-0.39, 0.29) is 0 Å². The van der Waals surface area contributed by atoms with E-state index in [0.29, 0.717) is 6.04 Å². The van der Waals surface area contributed by atoms with Crippen molar-refractivity contribution in [3.05, 3.63) is 0 Å². The molecule has 1 atom stereocenters. The van der Waals surface area contributed by atoms with Crippen LogP contribution in [0.3, 0.4) is 0 Å². The molecule has 1 heterocycles. The summed E-state index contributed by atoms with van der Waals surface area (Å²) in [5, 5.41) is 3.69. The van der Waals surface area contributed by atoms with Gasteiger partial charge in [0, 0.05) is 6.04 Å². The van der Waals surface area contributed by atoms with E-state index in [4.69, 9.17) is 0 Å². The SMILES string of the molecule is CCC(NCCCN1CCC(C)CC1)C(C)C. The van der Waals surface area contributed by atoms with Crippen LogP contribution in [0.4, 0.5) is 0 Å². The summed E-state index contributed by atoms with van der Waals surface area (Å²) in [6.45, 7) is 14.4. The van der Waals surface area contributed by atoms with Crippen molar-refractivity contribution >= 4 is 0 Å². The lowest BCUT2D eigenvalue weighted by atomic mass is 9.99. The summed E-state index contributed by atoms with van der Waals surface area (Å²) < 4.78 is 0. The fraction of sp³-hybridized carbons (Fsp3) is 1.00. The number of piperidine rings is 1. The van der Waals surface area contributed by atoms with Crippen LogP contribution in [0.5, 0.6) is 0 Å². The quantitative estimate of drug-likeness (QED) is 0.688. The van der Waals surface area contributed by atoms with E-state index in [1.807, 2.05) is 0 Å². The molecule has 0 aromatic heterocycles. The molecule has 0 bridgehead atoms. The molecule has 0 radical (unpaired) electrons. The maximum absolute atomic E-state index is 3.69. The summed E-state index contributed by atoms with van der Waals surface area (Å²) in [4.78, 5) is 2.64. The van der Waals surface area contributed by atoms with E-state index in [9.17, 15) is 0 Å². The zero-order valence-corrected chi connectivity index (χ0v) is 12.3. The molecule has 1 aliphatic rings. The lowest BCUT2D eigenvalue weighted by Gasteiger charge is -2.30. The van der Waals surface area contributed by atoms with Crippen LogP contribution in [0.15, 0.2) is 0 Å². The second-order valence-electron chi connectivity index (χ2n) is 6.09. The van der Waals surface area contributed by atoms with Gasteiger partial charge in [-0.05, 0) is 63.7 Å². The molecule has 0 aromatic carbocycles. The topological polar surface area (TPSA) is 15.3 Å². The Morgan fingerprint density at radius 3 is 2.41 bits per heavy atom. The Balaban J connectivity index is 2.03. The number of hydrogen-bond acceptors (Lipinski definition) is 2. The van der Waals surface area contributed by atoms with Gasteiger partial charge in [0.1, 0.15) is 0 Å². The van der Waals surface area contributed by atoms with Crippen LogP contribution < -0.4 is 5.32 Å². The number of nitrogens with zero attached hydrogens (tertiary/aromatic N) is 1. The molecule has 0 saturated carbocycles. The van der Waals surface area contributed by atoms with E-state index in [2.05, 4.69) is 37.9 Å². The first-order chi connectivity index (χ1) is 8.13. The molecule has 0 aliphatic carbocycles. The summed E-state index contributed by atoms with van der Waals surface area (Å²) in [5.41, 5.74) is 0. The van der Waals surface area contributed by atoms with E-state index in [0.717, 1.165) is 11.8 Å². The Kier molecular flexibility index (Phi) is 7.14. The van der Waals surface area contributed by atoms with Crippen LogP contribution in [0.25, 0.3) is 0 Å². The van der Waals surface area contributed by atoms with Gasteiger partial charge in [-0.25, -0.2) is 0 Å². The normalized spacial score (nSPS) is 21.0. The van der Waals surface area contributed by atoms with Crippen molar-refractivity contribution in [2.45, 2.75) is 59.4 Å². The van der Waals surface area contributed by atoms with Gasteiger partial charge in [-0.1, -0.05) is 27.7 Å². The molecule has 0 spiro atoms. The first-order valence-corrected chi connectivity index (χ1v) is 7.59. The molecule has 17 heavy (non-hydrogen) atoms. The van der Waals surface area contributed by atoms with E-state index >= 15 is 0 Å². The zero-order chi connectivity index (χ0) is 12.7. The van der Waals surface area contributed by atoms with Gasteiger partial charge in [-0.15, -0.1) is 0 Å². The molecule has 1 unspecified atom stereocenters. The van der Waals surface area contributed by atoms with Crippen molar-refractivity contribution in [2.24, 2.45) is 11.8 Å². The Labute approximate surface area is 108 Å². The minimum Gasteiger partial charge on any atom is -0.314 e. The molecular weight excluding hydrogens is 208 g/mol. The first kappa shape index (κ1) is 15.0. The lowest BCUT2D eigenvalue weighted by molar-refractivity contribution is 0.189. The monoisotopic (exact) mass is 240 g/mol. The van der Waals surface area contributed by atoms with Crippen LogP contribution in [-0.4, -0.2) is 37.1 Å². The molecule has 1 fully saturated rings. The van der Waals surface area contributed by atoms with Crippen molar-refractivity contribution < 1.29 is 0 Å². The van der Waals surface area contributed by atoms with E-state index in [1.54, 1.807) is 0 Å². The van der Waals surface area contributed by atoms with Crippen LogP contribution in [0.1, 0.15) is 53.4 Å². The predicted octanol–water partition coefficient (Wildman–Crippen LogP) is 3.13. The van der Waals surface area contributed by atoms with Crippen molar-refractivity contribution in [3.8, 4) is 0 Å². The third kappa shape index (κ3) is 5.87. The molecule has 0 amide bonds. The maximum atomic E-state index is 3.69. The zero-order valence-electron chi connectivity index (χ0n) is 12.3. The van der Waals surface area contributed by atoms with Gasteiger partial charge in [0.15, 0.2) is 0 Å². The highest BCUT2D eigenvalue weighted by molar-refractivity contribution is 4.71. The highest BCUT2D eigenvalue weighted by atomic mass is 15.1. The Morgan fingerprint density at radius 1 is 1.24 bits per heavy atom. The Hall–Kier alpha value is -0.0800. The number of likely N-dealkylation sites (tertiary alicyclic amines) is 1. The highest BCUT2D eigenvalue weighted by Crippen LogP contribution is 2.15. The minimum absolute atomic E-state index is 0.705. The smallest absolute Gasteiger partial charge is 0.00874 e. The standard InChI is InChI=1S/C15H32N2/c1-5-15(13(2)3)16-9-6-10-17-11-7-14(4)8-12-17/h13-16H,5-12H2,1-4H3. The Bertz CT molecular complexity index is 183. The van der Waals surface area contributed by atoms with Gasteiger partial charge in [0.2, 0.25) is 0 Å². The average Bonchev–Trinajstić information content (AvgIpc) is 2.31. The number of hydrogen-bond donors (Lipinski definition) is 1. The minimum atomic E-state index is 0.705. The number of nitrogens with one attached hydrogen (secondary N) is 1. The van der Waals surface area contributed by atoms with Crippen LogP contribution in [0.2, 0.25) is 0 Å². The summed E-state index contributed by atoms with van der Waals surface area (Å²) >= 11 is 0. The largest absolute Gasteiger partial charge is 0.314 e. The molecule has 0 aromatic rings. The molecule has 1 N–H and O–H groups in total. The van der Waals surface area contributed by atoms with Gasteiger partial charge in [-0.3, -0.25) is 0 Å². The molecular formula is C15H32N2. The maximum Gasteiger partial charge on any atom is 0.00874 e. The fourth-order valence-corrected chi connectivity index (χ4v) is 2.73. The van der Waals surface area contributed by atoms with Gasteiger partial charge in [0.05, 0.1) is 0 Å². The van der Waals surface area contributed by atoms with Crippen molar-refractivity contribution in [1.82, 2.24) is 10.2 Å². The number of rotatable bonds is 7. The highest BCUT2D eigenvalue weighted by Gasteiger charge is 2.15. The second kappa shape index (κ2) is 8.10. The predicted molar refractivity (Wildman–Crippen MR) is 76.4 cm³/mol. The van der Waals surface area contributed by atoms with Crippen molar-refractivity contribution in [2.75, 3.05) is 26.2 Å². The molecule has 102 valence electrons.